The minimum Gasteiger partial charge on any atom is -0.497 e. The van der Waals surface area contributed by atoms with E-state index in [1.54, 1.807) is 18.2 Å². The maximum absolute atomic E-state index is 13.8. The van der Waals surface area contributed by atoms with E-state index in [2.05, 4.69) is 15.5 Å². The number of fused-ring (bicyclic) bond motifs is 4. The van der Waals surface area contributed by atoms with Gasteiger partial charge in [0, 0.05) is 18.9 Å². The number of hydrogen-bond acceptors (Lipinski definition) is 9. The van der Waals surface area contributed by atoms with E-state index in [1.807, 2.05) is 0 Å². The van der Waals surface area contributed by atoms with Crippen LogP contribution in [0.1, 0.15) is 40.0 Å². The van der Waals surface area contributed by atoms with Crippen molar-refractivity contribution in [2.24, 2.45) is 0 Å². The molecule has 222 valence electrons. The van der Waals surface area contributed by atoms with Gasteiger partial charge in [0.2, 0.25) is 0 Å². The number of alkyl halides is 3. The van der Waals surface area contributed by atoms with Crippen molar-refractivity contribution in [1.29, 1.82) is 0 Å². The van der Waals surface area contributed by atoms with Crippen LogP contribution in [0, 0.1) is 0 Å². The number of nitrogens with zero attached hydrogens (tertiary/aromatic N) is 2. The molecular formula is C28H27F3N4O6S. The average Bonchev–Trinajstić information content (AvgIpc) is 3.64. The molecule has 0 radical (unpaired) electrons. The lowest BCUT2D eigenvalue weighted by molar-refractivity contribution is -0.273. The van der Waals surface area contributed by atoms with Gasteiger partial charge in [0.25, 0.3) is 11.8 Å². The summed E-state index contributed by atoms with van der Waals surface area (Å²) in [6, 6.07) is 8.46. The van der Waals surface area contributed by atoms with E-state index in [0.717, 1.165) is 11.6 Å². The fourth-order valence-corrected chi connectivity index (χ4v) is 7.73. The highest BCUT2D eigenvalue weighted by atomic mass is 32.1. The molecule has 2 atom stereocenters. The zero-order valence-electron chi connectivity index (χ0n) is 22.7. The molecule has 42 heavy (non-hydrogen) atoms. The zero-order chi connectivity index (χ0) is 29.4. The molecule has 4 bridgehead atoms. The number of nitrogens with one attached hydrogen (secondary N) is 2. The smallest absolute Gasteiger partial charge is 0.417 e. The van der Waals surface area contributed by atoms with Gasteiger partial charge in [-0.05, 0) is 30.7 Å². The molecule has 1 saturated carbocycles. The average molecular weight is 605 g/mol. The third kappa shape index (κ3) is 4.10. The number of thiazole rings is 1. The number of halogens is 3. The number of ether oxygens (including phenoxy) is 4. The number of amides is 2. The van der Waals surface area contributed by atoms with Crippen LogP contribution in [0.2, 0.25) is 0 Å². The Kier molecular flexibility index (Phi) is 6.12. The molecule has 8 rings (SSSR count). The molecule has 14 heteroatoms. The number of morpholine rings is 1. The van der Waals surface area contributed by atoms with Gasteiger partial charge in [0.05, 0.1) is 73.1 Å². The van der Waals surface area contributed by atoms with E-state index in [9.17, 15) is 22.8 Å². The third-order valence-electron chi connectivity index (χ3n) is 8.61. The predicted octanol–water partition coefficient (Wildman–Crippen LogP) is 4.14. The molecule has 3 aromatic rings. The third-order valence-corrected chi connectivity index (χ3v) is 9.72. The second-order valence-electron chi connectivity index (χ2n) is 11.2. The summed E-state index contributed by atoms with van der Waals surface area (Å²) in [5.41, 5.74) is -2.25. The molecule has 2 N–H and O–H groups in total. The monoisotopic (exact) mass is 604 g/mol. The second kappa shape index (κ2) is 9.44. The number of anilines is 2. The highest BCUT2D eigenvalue weighted by Gasteiger charge is 2.74. The Morgan fingerprint density at radius 3 is 2.50 bits per heavy atom. The number of rotatable bonds is 7. The van der Waals surface area contributed by atoms with E-state index >= 15 is 0 Å². The van der Waals surface area contributed by atoms with Crippen LogP contribution in [0.3, 0.4) is 0 Å². The Morgan fingerprint density at radius 1 is 1.10 bits per heavy atom. The van der Waals surface area contributed by atoms with Gasteiger partial charge < -0.3 is 34.5 Å². The SMILES string of the molecule is COc1ccc(C(=O)NC23COC(C(F)(F)F)(C2)C3)c(NC(=O)c2c(OC)ccc3nc(N4C5COCC4C5)sc23)c1. The molecule has 10 nitrogen and oxygen atoms in total. The Morgan fingerprint density at radius 2 is 1.86 bits per heavy atom. The van der Waals surface area contributed by atoms with Crippen LogP contribution in [0.25, 0.3) is 10.2 Å². The van der Waals surface area contributed by atoms with Crippen molar-refractivity contribution in [3.63, 3.8) is 0 Å². The van der Waals surface area contributed by atoms with E-state index in [0.29, 0.717) is 34.9 Å². The van der Waals surface area contributed by atoms with Crippen molar-refractivity contribution in [2.45, 2.75) is 48.7 Å². The molecule has 2 aromatic carbocycles. The molecule has 5 fully saturated rings. The van der Waals surface area contributed by atoms with Gasteiger partial charge in [-0.25, -0.2) is 4.98 Å². The van der Waals surface area contributed by atoms with Crippen LogP contribution >= 0.6 is 11.3 Å². The first-order chi connectivity index (χ1) is 20.1. The maximum atomic E-state index is 13.8. The van der Waals surface area contributed by atoms with Crippen LogP contribution in [0.15, 0.2) is 30.3 Å². The summed E-state index contributed by atoms with van der Waals surface area (Å²) in [6.07, 6.45) is -4.19. The molecule has 4 aliphatic heterocycles. The van der Waals surface area contributed by atoms with Crippen LogP contribution in [0.5, 0.6) is 11.5 Å². The molecule has 0 spiro atoms. The standard InChI is InChI=1S/C28H27F3N4O6S/c1-38-16-3-4-17(23(36)34-26-11-27(12-26,41-13-26)28(29,30)31)19(8-16)32-24(37)21-20(39-2)6-5-18-22(21)42-25(33-18)35-14-7-15(35)10-40-9-14/h3-6,8,14-15H,7,9-13H2,1-2H3,(H,32,37)(H,34,36). The number of hydrogen-bond donors (Lipinski definition) is 2. The lowest BCUT2D eigenvalue weighted by atomic mass is 9.68. The van der Waals surface area contributed by atoms with E-state index in [-0.39, 0.29) is 48.3 Å². The number of carbonyl (C=O) groups is 2. The summed E-state index contributed by atoms with van der Waals surface area (Å²) in [6.45, 7) is 1.02. The van der Waals surface area contributed by atoms with Crippen molar-refractivity contribution in [1.82, 2.24) is 10.3 Å². The quantitative estimate of drug-likeness (QED) is 0.414. The highest BCUT2D eigenvalue weighted by Crippen LogP contribution is 2.59. The minimum absolute atomic E-state index is 0.0690. The summed E-state index contributed by atoms with van der Waals surface area (Å²) >= 11 is 1.39. The van der Waals surface area contributed by atoms with Crippen LogP contribution in [-0.4, -0.2) is 80.2 Å². The maximum Gasteiger partial charge on any atom is 0.417 e. The molecule has 5 aliphatic rings. The predicted molar refractivity (Wildman–Crippen MR) is 147 cm³/mol. The topological polar surface area (TPSA) is 111 Å². The van der Waals surface area contributed by atoms with Crippen molar-refractivity contribution >= 4 is 44.2 Å². The Balaban J connectivity index is 1.18. The molecule has 1 aliphatic carbocycles. The first-order valence-electron chi connectivity index (χ1n) is 13.4. The Hall–Kier alpha value is -3.62. The molecule has 4 saturated heterocycles. The normalized spacial score (nSPS) is 27.7. The minimum atomic E-state index is -4.52. The zero-order valence-corrected chi connectivity index (χ0v) is 23.5. The number of aromatic nitrogens is 1. The summed E-state index contributed by atoms with van der Waals surface area (Å²) < 4.78 is 62.5. The van der Waals surface area contributed by atoms with Gasteiger partial charge in [0.1, 0.15) is 17.1 Å². The fourth-order valence-electron chi connectivity index (χ4n) is 6.48. The summed E-state index contributed by atoms with van der Waals surface area (Å²) in [4.78, 5) is 34.2. The lowest BCUT2D eigenvalue weighted by Crippen LogP contribution is -2.64. The lowest BCUT2D eigenvalue weighted by Gasteiger charge is -2.52. The highest BCUT2D eigenvalue weighted by molar-refractivity contribution is 7.22. The number of carbonyl (C=O) groups excluding carboxylic acids is 2. The van der Waals surface area contributed by atoms with Crippen molar-refractivity contribution in [3.8, 4) is 11.5 Å². The van der Waals surface area contributed by atoms with Gasteiger partial charge in [-0.1, -0.05) is 11.3 Å². The van der Waals surface area contributed by atoms with Gasteiger partial charge in [-0.2, -0.15) is 13.2 Å². The van der Waals surface area contributed by atoms with Crippen LogP contribution in [0.4, 0.5) is 24.0 Å². The van der Waals surface area contributed by atoms with Crippen LogP contribution in [-0.2, 0) is 9.47 Å². The van der Waals surface area contributed by atoms with Crippen molar-refractivity contribution in [2.75, 3.05) is 44.3 Å². The number of benzene rings is 2. The summed E-state index contributed by atoms with van der Waals surface area (Å²) in [5, 5.41) is 6.33. The first-order valence-corrected chi connectivity index (χ1v) is 14.2. The van der Waals surface area contributed by atoms with Gasteiger partial charge in [-0.15, -0.1) is 0 Å². The van der Waals surface area contributed by atoms with Gasteiger partial charge in [0.15, 0.2) is 10.7 Å². The van der Waals surface area contributed by atoms with Crippen molar-refractivity contribution < 1.29 is 41.7 Å². The van der Waals surface area contributed by atoms with Gasteiger partial charge >= 0.3 is 6.18 Å². The van der Waals surface area contributed by atoms with Gasteiger partial charge in [-0.3, -0.25) is 9.59 Å². The second-order valence-corrected chi connectivity index (χ2v) is 12.2. The van der Waals surface area contributed by atoms with Crippen LogP contribution < -0.4 is 25.0 Å². The number of methoxy groups -OCH3 is 2. The Labute approximate surface area is 242 Å². The van der Waals surface area contributed by atoms with E-state index in [4.69, 9.17) is 23.9 Å². The first kappa shape index (κ1) is 27.2. The molecule has 2 amide bonds. The molecule has 5 heterocycles. The van der Waals surface area contributed by atoms with Crippen molar-refractivity contribution in [3.05, 3.63) is 41.5 Å². The largest absolute Gasteiger partial charge is 0.497 e. The van der Waals surface area contributed by atoms with E-state index < -0.39 is 29.1 Å². The Bertz CT molecular complexity index is 1590. The summed E-state index contributed by atoms with van der Waals surface area (Å²) in [5.74, 6) is -0.466. The van der Waals surface area contributed by atoms with E-state index in [1.165, 1.54) is 37.7 Å². The molecule has 1 aromatic heterocycles. The summed E-state index contributed by atoms with van der Waals surface area (Å²) in [7, 11) is 2.91. The fraction of sp³-hybridized carbons (Fsp3) is 0.464. The molecule has 2 unspecified atom stereocenters. The molecular weight excluding hydrogens is 577 g/mol.